The van der Waals surface area contributed by atoms with Crippen LogP contribution in [0.3, 0.4) is 0 Å². The number of hydrogen-bond donors (Lipinski definition) is 0. The Hall–Kier alpha value is -1.92. The quantitative estimate of drug-likeness (QED) is 0.663. The van der Waals surface area contributed by atoms with Crippen molar-refractivity contribution in [3.8, 4) is 10.6 Å². The molecule has 1 aliphatic rings. The number of aryl methyl sites for hydroxylation is 1. The van der Waals surface area contributed by atoms with E-state index in [1.165, 1.54) is 24.8 Å². The minimum atomic E-state index is 0.324. The molecule has 3 aromatic rings. The molecule has 0 spiro atoms. The average molecular weight is 356 g/mol. The summed E-state index contributed by atoms with van der Waals surface area (Å²) in [6.45, 7) is 5.05. The molecule has 0 saturated carbocycles. The summed E-state index contributed by atoms with van der Waals surface area (Å²) in [5.74, 6) is 0.882. The Morgan fingerprint density at radius 2 is 2.28 bits per heavy atom. The van der Waals surface area contributed by atoms with E-state index in [4.69, 9.17) is 4.52 Å². The Balaban J connectivity index is 1.56. The number of thiophene rings is 1. The number of likely N-dealkylation sites (tertiary alicyclic amines) is 1. The van der Waals surface area contributed by atoms with Gasteiger partial charge in [0.1, 0.15) is 5.69 Å². The van der Waals surface area contributed by atoms with E-state index in [1.807, 2.05) is 16.9 Å². The summed E-state index contributed by atoms with van der Waals surface area (Å²) >= 11 is 1.69. The lowest BCUT2D eigenvalue weighted by atomic mass is 10.1. The van der Waals surface area contributed by atoms with Crippen LogP contribution in [0.2, 0.25) is 0 Å². The smallest absolute Gasteiger partial charge is 0.177 e. The second-order valence-corrected chi connectivity index (χ2v) is 7.58. The summed E-state index contributed by atoms with van der Waals surface area (Å²) in [6.07, 6.45) is 9.06. The highest BCUT2D eigenvalue weighted by Gasteiger charge is 2.26. The summed E-state index contributed by atoms with van der Waals surface area (Å²) in [4.78, 5) is 3.68. The lowest BCUT2D eigenvalue weighted by Crippen LogP contribution is -2.28. The fourth-order valence-corrected chi connectivity index (χ4v) is 4.24. The van der Waals surface area contributed by atoms with Gasteiger partial charge in [0.25, 0.3) is 0 Å². The minimum absolute atomic E-state index is 0.324. The largest absolute Gasteiger partial charge is 0.355 e. The van der Waals surface area contributed by atoms with Gasteiger partial charge >= 0.3 is 0 Å². The zero-order chi connectivity index (χ0) is 17.1. The highest BCUT2D eigenvalue weighted by atomic mass is 32.1. The third kappa shape index (κ3) is 3.70. The third-order valence-corrected chi connectivity index (χ3v) is 5.78. The molecule has 132 valence electrons. The molecule has 0 aliphatic carbocycles. The number of hydrogen-bond acceptors (Lipinski definition) is 5. The maximum Gasteiger partial charge on any atom is 0.177 e. The molecule has 0 bridgehead atoms. The van der Waals surface area contributed by atoms with Crippen molar-refractivity contribution >= 4 is 11.3 Å². The van der Waals surface area contributed by atoms with E-state index >= 15 is 0 Å². The Kier molecular flexibility index (Phi) is 4.99. The normalized spacial score (nSPS) is 19.2. The molecule has 25 heavy (non-hydrogen) atoms. The first-order chi connectivity index (χ1) is 12.3. The molecule has 0 radical (unpaired) electrons. The van der Waals surface area contributed by atoms with Gasteiger partial charge in [-0.2, -0.15) is 5.10 Å². The Labute approximate surface area is 152 Å². The standard InChI is InChI=1S/C19H24N4OS/c1-2-23-14-15(12-20-23)13-22-9-5-3-4-7-17(22)16-11-18(24-21-16)19-8-6-10-25-19/h6,8,10-12,14,17H,2-5,7,9,13H2,1H3/t17-/m1/s1. The van der Waals surface area contributed by atoms with Crippen LogP contribution in [-0.2, 0) is 13.1 Å². The molecule has 3 aromatic heterocycles. The summed E-state index contributed by atoms with van der Waals surface area (Å²) in [5.41, 5.74) is 2.34. The lowest BCUT2D eigenvalue weighted by molar-refractivity contribution is 0.184. The molecule has 0 N–H and O–H groups in total. The van der Waals surface area contributed by atoms with Gasteiger partial charge in [-0.25, -0.2) is 0 Å². The maximum atomic E-state index is 5.64. The summed E-state index contributed by atoms with van der Waals surface area (Å²) in [5, 5.41) is 10.9. The van der Waals surface area contributed by atoms with E-state index in [2.05, 4.69) is 45.8 Å². The van der Waals surface area contributed by atoms with Crippen molar-refractivity contribution in [2.45, 2.75) is 51.7 Å². The van der Waals surface area contributed by atoms with Crippen LogP contribution in [0, 0.1) is 0 Å². The minimum Gasteiger partial charge on any atom is -0.355 e. The Bertz CT molecular complexity index is 792. The van der Waals surface area contributed by atoms with E-state index in [1.54, 1.807) is 11.3 Å². The molecule has 1 aliphatic heterocycles. The highest BCUT2D eigenvalue weighted by molar-refractivity contribution is 7.13. The second-order valence-electron chi connectivity index (χ2n) is 6.63. The van der Waals surface area contributed by atoms with Gasteiger partial charge in [-0.05, 0) is 37.8 Å². The highest BCUT2D eigenvalue weighted by Crippen LogP contribution is 2.34. The van der Waals surface area contributed by atoms with Gasteiger partial charge in [0.15, 0.2) is 5.76 Å². The van der Waals surface area contributed by atoms with Gasteiger partial charge in [-0.1, -0.05) is 24.1 Å². The first-order valence-corrected chi connectivity index (χ1v) is 9.97. The molecule has 0 unspecified atom stereocenters. The summed E-state index contributed by atoms with van der Waals surface area (Å²) in [6, 6.07) is 6.58. The van der Waals surface area contributed by atoms with Gasteiger partial charge in [-0.15, -0.1) is 11.3 Å². The van der Waals surface area contributed by atoms with Crippen LogP contribution in [0.5, 0.6) is 0 Å². The van der Waals surface area contributed by atoms with E-state index in [0.29, 0.717) is 6.04 Å². The van der Waals surface area contributed by atoms with Crippen molar-refractivity contribution in [3.63, 3.8) is 0 Å². The van der Waals surface area contributed by atoms with Crippen molar-refractivity contribution in [2.24, 2.45) is 0 Å². The Morgan fingerprint density at radius 1 is 1.32 bits per heavy atom. The SMILES string of the molecule is CCn1cc(CN2CCCCC[C@@H]2c2cc(-c3cccs3)on2)cn1. The van der Waals surface area contributed by atoms with Crippen molar-refractivity contribution in [1.29, 1.82) is 0 Å². The molecule has 5 nitrogen and oxygen atoms in total. The molecule has 6 heteroatoms. The molecule has 1 atom stereocenters. The molecule has 0 amide bonds. The van der Waals surface area contributed by atoms with Crippen LogP contribution in [0.25, 0.3) is 10.6 Å². The number of rotatable bonds is 5. The van der Waals surface area contributed by atoms with Crippen LogP contribution in [0.15, 0.2) is 40.5 Å². The predicted molar refractivity (Wildman–Crippen MR) is 99.3 cm³/mol. The van der Waals surface area contributed by atoms with Crippen molar-refractivity contribution < 1.29 is 4.52 Å². The molecule has 1 fully saturated rings. The zero-order valence-electron chi connectivity index (χ0n) is 14.6. The maximum absolute atomic E-state index is 5.64. The second kappa shape index (κ2) is 7.54. The fourth-order valence-electron chi connectivity index (χ4n) is 3.57. The van der Waals surface area contributed by atoms with Gasteiger partial charge in [-0.3, -0.25) is 9.58 Å². The van der Waals surface area contributed by atoms with Crippen LogP contribution in [0.1, 0.15) is 49.9 Å². The van der Waals surface area contributed by atoms with Crippen LogP contribution in [0.4, 0.5) is 0 Å². The van der Waals surface area contributed by atoms with Crippen molar-refractivity contribution in [2.75, 3.05) is 6.54 Å². The van der Waals surface area contributed by atoms with E-state index in [-0.39, 0.29) is 0 Å². The molecular formula is C19H24N4OS. The van der Waals surface area contributed by atoms with Gasteiger partial charge in [0.05, 0.1) is 17.1 Å². The van der Waals surface area contributed by atoms with Crippen molar-refractivity contribution in [3.05, 3.63) is 47.2 Å². The number of nitrogens with zero attached hydrogens (tertiary/aromatic N) is 4. The first-order valence-electron chi connectivity index (χ1n) is 9.09. The predicted octanol–water partition coefficient (Wildman–Crippen LogP) is 4.74. The van der Waals surface area contributed by atoms with Gasteiger partial charge in [0, 0.05) is 30.9 Å². The van der Waals surface area contributed by atoms with Gasteiger partial charge < -0.3 is 4.52 Å². The molecule has 4 heterocycles. The van der Waals surface area contributed by atoms with Crippen LogP contribution in [-0.4, -0.2) is 26.4 Å². The Morgan fingerprint density at radius 3 is 3.08 bits per heavy atom. The number of aromatic nitrogens is 3. The van der Waals surface area contributed by atoms with Crippen LogP contribution < -0.4 is 0 Å². The summed E-state index contributed by atoms with van der Waals surface area (Å²) < 4.78 is 7.63. The fraction of sp³-hybridized carbons (Fsp3) is 0.474. The van der Waals surface area contributed by atoms with E-state index in [9.17, 15) is 0 Å². The van der Waals surface area contributed by atoms with E-state index in [0.717, 1.165) is 42.4 Å². The van der Waals surface area contributed by atoms with Crippen molar-refractivity contribution in [1.82, 2.24) is 19.8 Å². The monoisotopic (exact) mass is 356 g/mol. The molecule has 1 saturated heterocycles. The molecule has 0 aromatic carbocycles. The average Bonchev–Trinajstić information content (AvgIpc) is 3.35. The topological polar surface area (TPSA) is 47.1 Å². The first kappa shape index (κ1) is 16.5. The zero-order valence-corrected chi connectivity index (χ0v) is 15.4. The van der Waals surface area contributed by atoms with E-state index < -0.39 is 0 Å². The van der Waals surface area contributed by atoms with Crippen LogP contribution >= 0.6 is 11.3 Å². The molecule has 4 rings (SSSR count). The third-order valence-electron chi connectivity index (χ3n) is 4.89. The summed E-state index contributed by atoms with van der Waals surface area (Å²) in [7, 11) is 0. The van der Waals surface area contributed by atoms with Gasteiger partial charge in [0.2, 0.25) is 0 Å². The molecular weight excluding hydrogens is 332 g/mol. The lowest BCUT2D eigenvalue weighted by Gasteiger charge is -2.27.